The molecule has 136 valence electrons. The van der Waals surface area contributed by atoms with Crippen LogP contribution in [0, 0.1) is 24.6 Å². The average Bonchev–Trinajstić information content (AvgIpc) is 2.59. The van der Waals surface area contributed by atoms with Crippen LogP contribution in [-0.2, 0) is 0 Å². The SMILES string of the molecule is Cc1cc(-c2ccnc3ccc(F)cc23)cnc1OCC(C)CC(C)C. The number of pyridine rings is 2. The lowest BCUT2D eigenvalue weighted by atomic mass is 10.00. The van der Waals surface area contributed by atoms with E-state index in [0.29, 0.717) is 24.3 Å². The molecule has 1 unspecified atom stereocenters. The molecule has 0 N–H and O–H groups in total. The molecule has 0 amide bonds. The number of fused-ring (bicyclic) bond motifs is 1. The third-order valence-electron chi connectivity index (χ3n) is 4.42. The maximum Gasteiger partial charge on any atom is 0.216 e. The molecule has 0 saturated carbocycles. The fraction of sp³-hybridized carbons (Fsp3) is 0.364. The molecule has 0 aliphatic rings. The van der Waals surface area contributed by atoms with Crippen molar-refractivity contribution in [3.63, 3.8) is 0 Å². The first kappa shape index (κ1) is 18.3. The second kappa shape index (κ2) is 7.81. The molecule has 3 nitrogen and oxygen atoms in total. The Morgan fingerprint density at radius 3 is 2.62 bits per heavy atom. The summed E-state index contributed by atoms with van der Waals surface area (Å²) in [5.41, 5.74) is 3.60. The van der Waals surface area contributed by atoms with E-state index in [1.165, 1.54) is 12.1 Å². The molecule has 0 saturated heterocycles. The molecular formula is C22H25FN2O. The largest absolute Gasteiger partial charge is 0.477 e. The number of ether oxygens (including phenoxy) is 1. The van der Waals surface area contributed by atoms with Crippen LogP contribution in [0.4, 0.5) is 4.39 Å². The van der Waals surface area contributed by atoms with E-state index in [1.54, 1.807) is 18.5 Å². The summed E-state index contributed by atoms with van der Waals surface area (Å²) in [6.45, 7) is 9.28. The van der Waals surface area contributed by atoms with Gasteiger partial charge in [0.2, 0.25) is 5.88 Å². The number of nitrogens with zero attached hydrogens (tertiary/aromatic N) is 2. The third-order valence-corrected chi connectivity index (χ3v) is 4.42. The Balaban J connectivity index is 1.85. The number of hydrogen-bond donors (Lipinski definition) is 0. The molecule has 0 radical (unpaired) electrons. The summed E-state index contributed by atoms with van der Waals surface area (Å²) in [5, 5.41) is 0.785. The zero-order valence-electron chi connectivity index (χ0n) is 15.8. The Hall–Kier alpha value is -2.49. The van der Waals surface area contributed by atoms with Crippen LogP contribution in [0.1, 0.15) is 32.8 Å². The Morgan fingerprint density at radius 2 is 1.88 bits per heavy atom. The van der Waals surface area contributed by atoms with Crippen molar-refractivity contribution >= 4 is 10.9 Å². The minimum Gasteiger partial charge on any atom is -0.477 e. The van der Waals surface area contributed by atoms with Crippen LogP contribution in [0.3, 0.4) is 0 Å². The molecule has 26 heavy (non-hydrogen) atoms. The number of hydrogen-bond acceptors (Lipinski definition) is 3. The Morgan fingerprint density at radius 1 is 1.08 bits per heavy atom. The topological polar surface area (TPSA) is 35.0 Å². The molecule has 1 aromatic carbocycles. The summed E-state index contributed by atoms with van der Waals surface area (Å²) in [6, 6.07) is 8.57. The zero-order chi connectivity index (χ0) is 18.7. The maximum absolute atomic E-state index is 13.7. The summed E-state index contributed by atoms with van der Waals surface area (Å²) in [4.78, 5) is 8.81. The minimum atomic E-state index is -0.268. The van der Waals surface area contributed by atoms with Crippen molar-refractivity contribution in [2.45, 2.75) is 34.1 Å². The van der Waals surface area contributed by atoms with Crippen molar-refractivity contribution in [1.82, 2.24) is 9.97 Å². The number of rotatable bonds is 6. The van der Waals surface area contributed by atoms with Crippen molar-refractivity contribution in [2.75, 3.05) is 6.61 Å². The van der Waals surface area contributed by atoms with Crippen LogP contribution in [0.25, 0.3) is 22.0 Å². The molecule has 0 spiro atoms. The highest BCUT2D eigenvalue weighted by atomic mass is 19.1. The zero-order valence-corrected chi connectivity index (χ0v) is 15.8. The smallest absolute Gasteiger partial charge is 0.216 e. The lowest BCUT2D eigenvalue weighted by Crippen LogP contribution is -2.12. The third kappa shape index (κ3) is 4.18. The van der Waals surface area contributed by atoms with E-state index in [-0.39, 0.29) is 5.82 Å². The minimum absolute atomic E-state index is 0.268. The van der Waals surface area contributed by atoms with E-state index in [4.69, 9.17) is 4.74 Å². The van der Waals surface area contributed by atoms with E-state index < -0.39 is 0 Å². The van der Waals surface area contributed by atoms with Crippen molar-refractivity contribution < 1.29 is 9.13 Å². The van der Waals surface area contributed by atoms with E-state index >= 15 is 0 Å². The molecule has 1 atom stereocenters. The van der Waals surface area contributed by atoms with Gasteiger partial charge in [0.25, 0.3) is 0 Å². The molecule has 0 fully saturated rings. The van der Waals surface area contributed by atoms with Gasteiger partial charge in [0.1, 0.15) is 5.82 Å². The van der Waals surface area contributed by atoms with Gasteiger partial charge >= 0.3 is 0 Å². The Labute approximate surface area is 154 Å². The molecule has 2 aromatic heterocycles. The Kier molecular flexibility index (Phi) is 5.50. The molecule has 4 heteroatoms. The van der Waals surface area contributed by atoms with E-state index in [0.717, 1.165) is 34.0 Å². The van der Waals surface area contributed by atoms with Crippen LogP contribution >= 0.6 is 0 Å². The summed E-state index contributed by atoms with van der Waals surface area (Å²) < 4.78 is 19.6. The van der Waals surface area contributed by atoms with Crippen LogP contribution < -0.4 is 4.74 Å². The van der Waals surface area contributed by atoms with Gasteiger partial charge in [0.15, 0.2) is 0 Å². The van der Waals surface area contributed by atoms with E-state index in [2.05, 4.69) is 30.7 Å². The van der Waals surface area contributed by atoms with Gasteiger partial charge < -0.3 is 4.74 Å². The second-order valence-corrected chi connectivity index (χ2v) is 7.41. The monoisotopic (exact) mass is 352 g/mol. The Bertz CT molecular complexity index is 908. The molecule has 0 bridgehead atoms. The molecule has 3 rings (SSSR count). The van der Waals surface area contributed by atoms with Crippen LogP contribution in [0.5, 0.6) is 5.88 Å². The first-order valence-electron chi connectivity index (χ1n) is 9.08. The fourth-order valence-electron chi connectivity index (χ4n) is 3.32. The second-order valence-electron chi connectivity index (χ2n) is 7.41. The highest BCUT2D eigenvalue weighted by Crippen LogP contribution is 2.30. The van der Waals surface area contributed by atoms with Crippen LogP contribution in [0.15, 0.2) is 42.7 Å². The first-order valence-corrected chi connectivity index (χ1v) is 9.08. The summed E-state index contributed by atoms with van der Waals surface area (Å²) in [7, 11) is 0. The lowest BCUT2D eigenvalue weighted by molar-refractivity contribution is 0.230. The predicted octanol–water partition coefficient (Wildman–Crippen LogP) is 5.81. The van der Waals surface area contributed by atoms with Crippen LogP contribution in [0.2, 0.25) is 0 Å². The highest BCUT2D eigenvalue weighted by Gasteiger charge is 2.11. The van der Waals surface area contributed by atoms with Crippen LogP contribution in [-0.4, -0.2) is 16.6 Å². The standard InChI is InChI=1S/C22H25FN2O/c1-14(2)9-15(3)13-26-22-16(4)10-17(12-25-22)19-7-8-24-21-6-5-18(23)11-20(19)21/h5-8,10-12,14-15H,9,13H2,1-4H3. The van der Waals surface area contributed by atoms with Gasteiger partial charge in [-0.2, -0.15) is 0 Å². The quantitative estimate of drug-likeness (QED) is 0.562. The molecule has 0 aliphatic heterocycles. The van der Waals surface area contributed by atoms with Gasteiger partial charge in [-0.05, 0) is 61.1 Å². The normalized spacial score (nSPS) is 12.5. The number of halogens is 1. The fourth-order valence-corrected chi connectivity index (χ4v) is 3.32. The van der Waals surface area contributed by atoms with E-state index in [9.17, 15) is 4.39 Å². The van der Waals surface area contributed by atoms with Crippen molar-refractivity contribution in [2.24, 2.45) is 11.8 Å². The number of benzene rings is 1. The number of aryl methyl sites for hydroxylation is 1. The van der Waals surface area contributed by atoms with Gasteiger partial charge in [-0.3, -0.25) is 4.98 Å². The van der Waals surface area contributed by atoms with Crippen molar-refractivity contribution in [3.8, 4) is 17.0 Å². The predicted molar refractivity (Wildman–Crippen MR) is 104 cm³/mol. The average molecular weight is 352 g/mol. The molecule has 0 aliphatic carbocycles. The van der Waals surface area contributed by atoms with Gasteiger partial charge in [0, 0.05) is 28.9 Å². The van der Waals surface area contributed by atoms with Gasteiger partial charge in [-0.15, -0.1) is 0 Å². The summed E-state index contributed by atoms with van der Waals surface area (Å²) >= 11 is 0. The van der Waals surface area contributed by atoms with Crippen molar-refractivity contribution in [1.29, 1.82) is 0 Å². The summed E-state index contributed by atoms with van der Waals surface area (Å²) in [6.07, 6.45) is 4.66. The highest BCUT2D eigenvalue weighted by molar-refractivity contribution is 5.94. The lowest BCUT2D eigenvalue weighted by Gasteiger charge is -2.16. The van der Waals surface area contributed by atoms with Gasteiger partial charge in [0.05, 0.1) is 12.1 Å². The molecular weight excluding hydrogens is 327 g/mol. The number of aromatic nitrogens is 2. The molecule has 2 heterocycles. The first-order chi connectivity index (χ1) is 12.4. The molecule has 3 aromatic rings. The van der Waals surface area contributed by atoms with Gasteiger partial charge in [-0.25, -0.2) is 9.37 Å². The van der Waals surface area contributed by atoms with E-state index in [1.807, 2.05) is 19.1 Å². The summed E-state index contributed by atoms with van der Waals surface area (Å²) in [5.74, 6) is 1.54. The van der Waals surface area contributed by atoms with Crippen molar-refractivity contribution in [3.05, 3.63) is 54.1 Å². The van der Waals surface area contributed by atoms with Gasteiger partial charge in [-0.1, -0.05) is 20.8 Å². The maximum atomic E-state index is 13.7.